The van der Waals surface area contributed by atoms with Crippen LogP contribution in [0.1, 0.15) is 27.2 Å². The number of aliphatic imine (C=N–C) groups is 1. The van der Waals surface area contributed by atoms with Crippen LogP contribution < -0.4 is 10.6 Å². The first-order valence-corrected chi connectivity index (χ1v) is 9.27. The highest BCUT2D eigenvalue weighted by Gasteiger charge is 2.08. The van der Waals surface area contributed by atoms with Crippen molar-refractivity contribution in [3.05, 3.63) is 57.8 Å². The Bertz CT molecular complexity index is 697. The van der Waals surface area contributed by atoms with Gasteiger partial charge in [-0.2, -0.15) is 0 Å². The number of benzene rings is 1. The molecule has 2 aromatic rings. The van der Waals surface area contributed by atoms with E-state index in [0.717, 1.165) is 30.3 Å². The van der Waals surface area contributed by atoms with Gasteiger partial charge in [0.05, 0.1) is 4.88 Å². The Kier molecular flexibility index (Phi) is 7.47. The Balaban J connectivity index is 1.71. The molecule has 1 aromatic heterocycles. The third-order valence-corrected chi connectivity index (χ3v) is 4.78. The van der Waals surface area contributed by atoms with Crippen LogP contribution in [-0.4, -0.2) is 44.0 Å². The molecule has 1 heterocycles. The molecule has 0 spiro atoms. The highest BCUT2D eigenvalue weighted by atomic mass is 32.1. The Hall–Kier alpha value is -2.34. The number of nitrogens with one attached hydrogen (secondary N) is 2. The molecule has 2 N–H and O–H groups in total. The molecule has 0 fully saturated rings. The smallest absolute Gasteiger partial charge is 0.261 e. The van der Waals surface area contributed by atoms with E-state index >= 15 is 0 Å². The molecule has 0 saturated carbocycles. The number of aryl methyl sites for hydroxylation is 1. The largest absolute Gasteiger partial charge is 0.356 e. The zero-order valence-corrected chi connectivity index (χ0v) is 15.9. The van der Waals surface area contributed by atoms with Crippen LogP contribution in [0.4, 0.5) is 0 Å². The zero-order valence-electron chi connectivity index (χ0n) is 15.1. The van der Waals surface area contributed by atoms with Crippen molar-refractivity contribution in [1.29, 1.82) is 0 Å². The van der Waals surface area contributed by atoms with E-state index in [1.165, 1.54) is 22.5 Å². The Morgan fingerprint density at radius 2 is 1.92 bits per heavy atom. The van der Waals surface area contributed by atoms with Crippen LogP contribution in [0.25, 0.3) is 0 Å². The first kappa shape index (κ1) is 19.0. The lowest BCUT2D eigenvalue weighted by atomic mass is 10.1. The number of carbonyl (C=O) groups excluding carboxylic acids is 1. The first-order valence-electron chi connectivity index (χ1n) is 8.40. The molecule has 0 unspecified atom stereocenters. The average Bonchev–Trinajstić information content (AvgIpc) is 3.14. The van der Waals surface area contributed by atoms with Crippen molar-refractivity contribution in [1.82, 2.24) is 15.5 Å². The molecular formula is C19H26N4OS. The van der Waals surface area contributed by atoms with Gasteiger partial charge >= 0.3 is 0 Å². The third kappa shape index (κ3) is 5.90. The van der Waals surface area contributed by atoms with E-state index in [2.05, 4.69) is 51.7 Å². The van der Waals surface area contributed by atoms with Crippen molar-refractivity contribution < 1.29 is 4.79 Å². The highest BCUT2D eigenvalue weighted by molar-refractivity contribution is 7.12. The summed E-state index contributed by atoms with van der Waals surface area (Å²) in [5.41, 5.74) is 2.57. The first-order chi connectivity index (χ1) is 12.1. The summed E-state index contributed by atoms with van der Waals surface area (Å²) in [5, 5.41) is 8.18. The number of carbonyl (C=O) groups is 1. The van der Waals surface area contributed by atoms with Crippen LogP contribution in [0.3, 0.4) is 0 Å². The Labute approximate surface area is 153 Å². The van der Waals surface area contributed by atoms with E-state index in [1.54, 1.807) is 7.05 Å². The molecule has 2 rings (SSSR count). The number of hydrogen-bond acceptors (Lipinski definition) is 3. The summed E-state index contributed by atoms with van der Waals surface area (Å²) in [7, 11) is 3.82. The van der Waals surface area contributed by atoms with Gasteiger partial charge in [0.25, 0.3) is 5.91 Å². The van der Waals surface area contributed by atoms with E-state index in [4.69, 9.17) is 0 Å². The van der Waals surface area contributed by atoms with Crippen LogP contribution in [-0.2, 0) is 6.54 Å². The molecule has 5 nitrogen and oxygen atoms in total. The summed E-state index contributed by atoms with van der Waals surface area (Å²) in [6.45, 7) is 4.33. The second-order valence-corrected chi connectivity index (χ2v) is 6.79. The number of rotatable bonds is 7. The monoisotopic (exact) mass is 358 g/mol. The normalized spacial score (nSPS) is 11.2. The average molecular weight is 359 g/mol. The topological polar surface area (TPSA) is 56.7 Å². The minimum Gasteiger partial charge on any atom is -0.356 e. The number of thiophene rings is 1. The minimum absolute atomic E-state index is 0.00365. The van der Waals surface area contributed by atoms with Crippen molar-refractivity contribution >= 4 is 23.2 Å². The lowest BCUT2D eigenvalue weighted by Gasteiger charge is -2.23. The lowest BCUT2D eigenvalue weighted by Crippen LogP contribution is -2.39. The Morgan fingerprint density at radius 1 is 1.16 bits per heavy atom. The molecular weight excluding hydrogens is 332 g/mol. The maximum absolute atomic E-state index is 11.8. The van der Waals surface area contributed by atoms with Gasteiger partial charge in [-0.1, -0.05) is 30.3 Å². The second-order valence-electron chi connectivity index (χ2n) is 5.84. The summed E-state index contributed by atoms with van der Waals surface area (Å²) >= 11 is 1.46. The molecule has 0 aliphatic carbocycles. The second kappa shape index (κ2) is 9.84. The molecule has 0 atom stereocenters. The standard InChI is InChI=1S/C19H26N4OS/c1-15-8-4-5-9-16(15)14-23(3)19(20-2)22-12-7-11-21-18(24)17-10-6-13-25-17/h4-6,8-10,13H,7,11-12,14H2,1-3H3,(H,20,22)(H,21,24). The molecule has 0 bridgehead atoms. The van der Waals surface area contributed by atoms with Crippen LogP contribution in [0.5, 0.6) is 0 Å². The van der Waals surface area contributed by atoms with Crippen LogP contribution in [0.2, 0.25) is 0 Å². The maximum atomic E-state index is 11.8. The molecule has 134 valence electrons. The fourth-order valence-corrected chi connectivity index (χ4v) is 3.13. The van der Waals surface area contributed by atoms with E-state index in [0.29, 0.717) is 6.54 Å². The maximum Gasteiger partial charge on any atom is 0.261 e. The van der Waals surface area contributed by atoms with Gasteiger partial charge in [0.15, 0.2) is 5.96 Å². The van der Waals surface area contributed by atoms with Crippen LogP contribution in [0.15, 0.2) is 46.8 Å². The minimum atomic E-state index is -0.00365. The predicted molar refractivity (Wildman–Crippen MR) is 105 cm³/mol. The summed E-state index contributed by atoms with van der Waals surface area (Å²) in [6, 6.07) is 12.1. The molecule has 1 amide bonds. The van der Waals surface area contributed by atoms with Crippen LogP contribution in [0, 0.1) is 6.92 Å². The molecule has 0 radical (unpaired) electrons. The van der Waals surface area contributed by atoms with Gasteiger partial charge in [-0.15, -0.1) is 11.3 Å². The van der Waals surface area contributed by atoms with E-state index in [1.807, 2.05) is 24.6 Å². The summed E-state index contributed by atoms with van der Waals surface area (Å²) in [5.74, 6) is 0.851. The van der Waals surface area contributed by atoms with Gasteiger partial charge in [-0.3, -0.25) is 9.79 Å². The SMILES string of the molecule is CN=C(NCCCNC(=O)c1cccs1)N(C)Cc1ccccc1C. The van der Waals surface area contributed by atoms with Gasteiger partial charge < -0.3 is 15.5 Å². The molecule has 6 heteroatoms. The number of hydrogen-bond donors (Lipinski definition) is 2. The lowest BCUT2D eigenvalue weighted by molar-refractivity contribution is 0.0957. The molecule has 0 saturated heterocycles. The van der Waals surface area contributed by atoms with Gasteiger partial charge in [-0.05, 0) is 35.9 Å². The van der Waals surface area contributed by atoms with Gasteiger partial charge in [0, 0.05) is 33.7 Å². The van der Waals surface area contributed by atoms with Crippen molar-refractivity contribution in [3.8, 4) is 0 Å². The van der Waals surface area contributed by atoms with E-state index in [-0.39, 0.29) is 5.91 Å². The fraction of sp³-hybridized carbons (Fsp3) is 0.368. The summed E-state index contributed by atoms with van der Waals surface area (Å²) in [6.07, 6.45) is 0.842. The summed E-state index contributed by atoms with van der Waals surface area (Å²) < 4.78 is 0. The molecule has 1 aromatic carbocycles. The number of amides is 1. The fourth-order valence-electron chi connectivity index (χ4n) is 2.49. The summed E-state index contributed by atoms with van der Waals surface area (Å²) in [4.78, 5) is 19.0. The van der Waals surface area contributed by atoms with Crippen molar-refractivity contribution in [2.75, 3.05) is 27.2 Å². The van der Waals surface area contributed by atoms with Crippen molar-refractivity contribution in [2.45, 2.75) is 19.9 Å². The Morgan fingerprint density at radius 3 is 2.60 bits per heavy atom. The third-order valence-electron chi connectivity index (χ3n) is 3.91. The predicted octanol–water partition coefficient (Wildman–Crippen LogP) is 2.88. The molecule has 0 aliphatic heterocycles. The van der Waals surface area contributed by atoms with Gasteiger partial charge in [0.1, 0.15) is 0 Å². The number of guanidine groups is 1. The van der Waals surface area contributed by atoms with Crippen molar-refractivity contribution in [2.24, 2.45) is 4.99 Å². The quantitative estimate of drug-likeness (QED) is 0.455. The molecule has 25 heavy (non-hydrogen) atoms. The van der Waals surface area contributed by atoms with Crippen LogP contribution >= 0.6 is 11.3 Å². The highest BCUT2D eigenvalue weighted by Crippen LogP contribution is 2.09. The van der Waals surface area contributed by atoms with Crippen molar-refractivity contribution in [3.63, 3.8) is 0 Å². The van der Waals surface area contributed by atoms with E-state index < -0.39 is 0 Å². The van der Waals surface area contributed by atoms with E-state index in [9.17, 15) is 4.79 Å². The molecule has 0 aliphatic rings. The van der Waals surface area contributed by atoms with Gasteiger partial charge in [-0.25, -0.2) is 0 Å². The zero-order chi connectivity index (χ0) is 18.1. The van der Waals surface area contributed by atoms with Gasteiger partial charge in [0.2, 0.25) is 0 Å². The number of nitrogens with zero attached hydrogens (tertiary/aromatic N) is 2.